The lowest BCUT2D eigenvalue weighted by Gasteiger charge is -2.16. The number of hydrogen-bond donors (Lipinski definition) is 3. The van der Waals surface area contributed by atoms with Gasteiger partial charge in [-0.1, -0.05) is 13.0 Å². The summed E-state index contributed by atoms with van der Waals surface area (Å²) in [5.74, 6) is -2.99. The van der Waals surface area contributed by atoms with Crippen molar-refractivity contribution in [2.45, 2.75) is 40.2 Å². The highest BCUT2D eigenvalue weighted by Gasteiger charge is 2.22. The monoisotopic (exact) mass is 426 g/mol. The van der Waals surface area contributed by atoms with Crippen molar-refractivity contribution in [3.05, 3.63) is 64.4 Å². The molecule has 3 rings (SSSR count). The molecule has 31 heavy (non-hydrogen) atoms. The van der Waals surface area contributed by atoms with Gasteiger partial charge in [-0.2, -0.15) is 0 Å². The number of nitrogens with one attached hydrogen (secondary N) is 2. The quantitative estimate of drug-likeness (QED) is 0.479. The number of H-pyrrole nitrogens is 1. The average molecular weight is 426 g/mol. The Hall–Kier alpha value is -3.48. The first kappa shape index (κ1) is 22.2. The van der Waals surface area contributed by atoms with Crippen LogP contribution in [0.15, 0.2) is 36.0 Å². The summed E-state index contributed by atoms with van der Waals surface area (Å²) >= 11 is 0. The van der Waals surface area contributed by atoms with E-state index in [9.17, 15) is 9.59 Å². The molecular formula is C24H24F2N2O3. The van der Waals surface area contributed by atoms with E-state index >= 15 is 8.78 Å². The van der Waals surface area contributed by atoms with E-state index < -0.39 is 29.6 Å². The molecule has 5 nitrogen and oxygen atoms in total. The van der Waals surface area contributed by atoms with Gasteiger partial charge in [0.05, 0.1) is 0 Å². The number of rotatable bonds is 6. The van der Waals surface area contributed by atoms with Crippen molar-refractivity contribution < 1.29 is 23.5 Å². The lowest BCUT2D eigenvalue weighted by atomic mass is 9.91. The summed E-state index contributed by atoms with van der Waals surface area (Å²) in [6.07, 6.45) is 3.30. The number of benzene rings is 2. The molecule has 0 saturated carbocycles. The molecule has 0 bridgehead atoms. The van der Waals surface area contributed by atoms with Crippen LogP contribution in [0, 0.1) is 25.5 Å². The van der Waals surface area contributed by atoms with E-state index in [1.54, 1.807) is 25.3 Å². The van der Waals surface area contributed by atoms with E-state index in [0.717, 1.165) is 10.9 Å². The second-order valence-electron chi connectivity index (χ2n) is 7.50. The molecule has 0 aliphatic heterocycles. The molecule has 0 spiro atoms. The van der Waals surface area contributed by atoms with Crippen LogP contribution in [0.1, 0.15) is 37.0 Å². The molecular weight excluding hydrogens is 402 g/mol. The van der Waals surface area contributed by atoms with Gasteiger partial charge in [0.25, 0.3) is 0 Å². The molecule has 0 aliphatic carbocycles. The molecule has 3 N–H and O–H groups in total. The molecule has 3 aromatic rings. The zero-order valence-corrected chi connectivity index (χ0v) is 17.8. The molecule has 162 valence electrons. The number of carbonyl (C=O) groups excluding carboxylic acids is 1. The summed E-state index contributed by atoms with van der Waals surface area (Å²) in [5.41, 5.74) is 2.00. The average Bonchev–Trinajstić information content (AvgIpc) is 3.20. The third kappa shape index (κ3) is 4.21. The van der Waals surface area contributed by atoms with E-state index in [1.165, 1.54) is 26.8 Å². The molecule has 1 amide bonds. The first-order valence-corrected chi connectivity index (χ1v) is 9.95. The first-order chi connectivity index (χ1) is 14.6. The molecule has 1 atom stereocenters. The number of halogens is 2. The van der Waals surface area contributed by atoms with Crippen LogP contribution in [-0.4, -0.2) is 28.0 Å². The number of carboxylic acid groups (broad SMARTS) is 1. The summed E-state index contributed by atoms with van der Waals surface area (Å²) in [4.78, 5) is 26.5. The second-order valence-corrected chi connectivity index (χ2v) is 7.50. The minimum absolute atomic E-state index is 0.0172. The predicted molar refractivity (Wildman–Crippen MR) is 117 cm³/mol. The summed E-state index contributed by atoms with van der Waals surface area (Å²) in [7, 11) is 0. The fourth-order valence-corrected chi connectivity index (χ4v) is 3.52. The number of aromatic nitrogens is 1. The standard InChI is InChI=1S/C24H24F2N2O3/c1-5-15(23(29)28-14(4)24(30)31)11-18-12(2)22(26)20(13(3)21(18)25)17-6-7-19-16(10-17)8-9-27-19/h6-11,14,27H,5H2,1-4H3,(H,28,29)(H,30,31)/t14-/m1/s1. The van der Waals surface area contributed by atoms with Gasteiger partial charge < -0.3 is 15.4 Å². The van der Waals surface area contributed by atoms with Crippen molar-refractivity contribution in [1.29, 1.82) is 0 Å². The fourth-order valence-electron chi connectivity index (χ4n) is 3.52. The van der Waals surface area contributed by atoms with Crippen LogP contribution >= 0.6 is 0 Å². The van der Waals surface area contributed by atoms with Crippen LogP contribution in [0.2, 0.25) is 0 Å². The minimum Gasteiger partial charge on any atom is -0.480 e. The maximum atomic E-state index is 15.4. The topological polar surface area (TPSA) is 82.2 Å². The van der Waals surface area contributed by atoms with Gasteiger partial charge in [0.1, 0.15) is 17.7 Å². The lowest BCUT2D eigenvalue weighted by Crippen LogP contribution is -2.39. The SMILES string of the molecule is CCC(=Cc1c(C)c(F)c(-c2ccc3[nH]ccc3c2)c(C)c1F)C(=O)N[C@H](C)C(=O)O. The predicted octanol–water partition coefficient (Wildman–Crippen LogP) is 5.11. The Balaban J connectivity index is 2.09. The van der Waals surface area contributed by atoms with E-state index in [-0.39, 0.29) is 34.2 Å². The zero-order chi connectivity index (χ0) is 22.9. The number of carboxylic acids is 1. The lowest BCUT2D eigenvalue weighted by molar-refractivity contribution is -0.140. The van der Waals surface area contributed by atoms with Gasteiger partial charge in [0.15, 0.2) is 0 Å². The van der Waals surface area contributed by atoms with Gasteiger partial charge in [0, 0.05) is 28.4 Å². The van der Waals surface area contributed by atoms with Crippen LogP contribution in [-0.2, 0) is 9.59 Å². The van der Waals surface area contributed by atoms with Crippen molar-refractivity contribution in [2.24, 2.45) is 0 Å². The molecule has 2 aromatic carbocycles. The van der Waals surface area contributed by atoms with Crippen molar-refractivity contribution >= 4 is 28.9 Å². The zero-order valence-electron chi connectivity index (χ0n) is 17.8. The second kappa shape index (κ2) is 8.71. The molecule has 7 heteroatoms. The third-order valence-corrected chi connectivity index (χ3v) is 5.44. The number of fused-ring (bicyclic) bond motifs is 1. The first-order valence-electron chi connectivity index (χ1n) is 9.95. The Morgan fingerprint density at radius 2 is 1.87 bits per heavy atom. The van der Waals surface area contributed by atoms with Gasteiger partial charge in [-0.3, -0.25) is 9.59 Å². The molecule has 0 radical (unpaired) electrons. The number of hydrogen-bond acceptors (Lipinski definition) is 2. The van der Waals surface area contributed by atoms with Crippen molar-refractivity contribution in [2.75, 3.05) is 0 Å². The Kier molecular flexibility index (Phi) is 6.24. The largest absolute Gasteiger partial charge is 0.480 e. The third-order valence-electron chi connectivity index (χ3n) is 5.44. The van der Waals surface area contributed by atoms with Crippen LogP contribution in [0.3, 0.4) is 0 Å². The summed E-state index contributed by atoms with van der Waals surface area (Å²) < 4.78 is 30.8. The molecule has 0 unspecified atom stereocenters. The Morgan fingerprint density at radius 1 is 1.16 bits per heavy atom. The smallest absolute Gasteiger partial charge is 0.325 e. The highest BCUT2D eigenvalue weighted by Crippen LogP contribution is 2.35. The van der Waals surface area contributed by atoms with Crippen molar-refractivity contribution in [3.63, 3.8) is 0 Å². The van der Waals surface area contributed by atoms with Crippen LogP contribution in [0.4, 0.5) is 8.78 Å². The van der Waals surface area contributed by atoms with Crippen LogP contribution < -0.4 is 5.32 Å². The van der Waals surface area contributed by atoms with Gasteiger partial charge in [-0.15, -0.1) is 0 Å². The Morgan fingerprint density at radius 3 is 2.52 bits per heavy atom. The normalized spacial score (nSPS) is 12.8. The van der Waals surface area contributed by atoms with Gasteiger partial charge in [-0.25, -0.2) is 8.78 Å². The summed E-state index contributed by atoms with van der Waals surface area (Å²) in [6, 6.07) is 6.10. The number of amides is 1. The van der Waals surface area contributed by atoms with E-state index in [4.69, 9.17) is 5.11 Å². The van der Waals surface area contributed by atoms with E-state index in [2.05, 4.69) is 10.3 Å². The van der Waals surface area contributed by atoms with Crippen LogP contribution in [0.25, 0.3) is 28.1 Å². The van der Waals surface area contributed by atoms with E-state index in [1.807, 2.05) is 12.1 Å². The minimum atomic E-state index is -1.18. The van der Waals surface area contributed by atoms with Crippen molar-refractivity contribution in [3.8, 4) is 11.1 Å². The van der Waals surface area contributed by atoms with Gasteiger partial charge in [0.2, 0.25) is 5.91 Å². The Bertz CT molecular complexity index is 1180. The number of aromatic amines is 1. The van der Waals surface area contributed by atoms with Crippen molar-refractivity contribution in [1.82, 2.24) is 10.3 Å². The maximum absolute atomic E-state index is 15.4. The van der Waals surface area contributed by atoms with Crippen LogP contribution in [0.5, 0.6) is 0 Å². The molecule has 1 heterocycles. The highest BCUT2D eigenvalue weighted by molar-refractivity contribution is 6.00. The number of carbonyl (C=O) groups is 2. The van der Waals surface area contributed by atoms with Gasteiger partial charge in [-0.05, 0) is 73.5 Å². The molecule has 1 aromatic heterocycles. The number of aliphatic carboxylic acids is 1. The fraction of sp³-hybridized carbons (Fsp3) is 0.250. The van der Waals surface area contributed by atoms with Gasteiger partial charge >= 0.3 is 5.97 Å². The molecule has 0 aliphatic rings. The maximum Gasteiger partial charge on any atom is 0.325 e. The molecule has 0 fully saturated rings. The Labute approximate surface area is 178 Å². The summed E-state index contributed by atoms with van der Waals surface area (Å²) in [6.45, 7) is 5.99. The molecule has 0 saturated heterocycles. The summed E-state index contributed by atoms with van der Waals surface area (Å²) in [5, 5.41) is 12.2. The van der Waals surface area contributed by atoms with E-state index in [0.29, 0.717) is 5.56 Å². The highest BCUT2D eigenvalue weighted by atomic mass is 19.1.